The van der Waals surface area contributed by atoms with Gasteiger partial charge in [-0.2, -0.15) is 13.2 Å². The first-order valence-corrected chi connectivity index (χ1v) is 5.40. The molecule has 0 aliphatic rings. The molecule has 86 valence electrons. The molecule has 0 N–H and O–H groups in total. The van der Waals surface area contributed by atoms with Gasteiger partial charge in [0.1, 0.15) is 5.82 Å². The van der Waals surface area contributed by atoms with Crippen molar-refractivity contribution in [3.63, 3.8) is 0 Å². The number of nitrogens with zero attached hydrogens (tertiary/aromatic N) is 1. The number of benzene rings is 1. The number of alkyl halides is 3. The zero-order valence-electron chi connectivity index (χ0n) is 8.07. The molecule has 2 rings (SSSR count). The van der Waals surface area contributed by atoms with Gasteiger partial charge in [0.25, 0.3) is 0 Å². The van der Waals surface area contributed by atoms with Crippen LogP contribution in [0.15, 0.2) is 18.3 Å². The van der Waals surface area contributed by atoms with E-state index in [-0.39, 0.29) is 10.9 Å². The highest BCUT2D eigenvalue weighted by Crippen LogP contribution is 2.37. The number of hydrogen-bond donors (Lipinski definition) is 0. The molecule has 1 heterocycles. The van der Waals surface area contributed by atoms with E-state index in [0.717, 1.165) is 6.07 Å². The van der Waals surface area contributed by atoms with Crippen LogP contribution in [0, 0.1) is 9.39 Å². The molecule has 0 aliphatic carbocycles. The third-order valence-corrected chi connectivity index (χ3v) is 3.16. The molecule has 6 heteroatoms. The van der Waals surface area contributed by atoms with E-state index in [1.165, 1.54) is 11.6 Å². The van der Waals surface area contributed by atoms with Crippen LogP contribution in [-0.2, 0) is 13.2 Å². The van der Waals surface area contributed by atoms with Gasteiger partial charge in [-0.3, -0.25) is 0 Å². The normalized spacial score (nSPS) is 12.4. The summed E-state index contributed by atoms with van der Waals surface area (Å²) in [5.74, 6) is -0.871. The first kappa shape index (κ1) is 11.7. The van der Waals surface area contributed by atoms with Gasteiger partial charge in [0.05, 0.1) is 11.1 Å². The van der Waals surface area contributed by atoms with Crippen molar-refractivity contribution in [3.05, 3.63) is 33.3 Å². The van der Waals surface area contributed by atoms with Crippen molar-refractivity contribution in [1.29, 1.82) is 0 Å². The first-order valence-electron chi connectivity index (χ1n) is 4.32. The summed E-state index contributed by atoms with van der Waals surface area (Å²) >= 11 is 1.89. The molecule has 1 nitrogen and oxygen atoms in total. The molecule has 0 spiro atoms. The topological polar surface area (TPSA) is 4.93 Å². The van der Waals surface area contributed by atoms with Crippen LogP contribution in [0.3, 0.4) is 0 Å². The Morgan fingerprint density at radius 2 is 1.88 bits per heavy atom. The predicted molar refractivity (Wildman–Crippen MR) is 60.6 cm³/mol. The maximum atomic E-state index is 13.1. The van der Waals surface area contributed by atoms with Gasteiger partial charge in [0.15, 0.2) is 0 Å². The van der Waals surface area contributed by atoms with Gasteiger partial charge in [-0.15, -0.1) is 0 Å². The van der Waals surface area contributed by atoms with Crippen molar-refractivity contribution in [2.24, 2.45) is 7.05 Å². The lowest BCUT2D eigenvalue weighted by atomic mass is 10.1. The largest absolute Gasteiger partial charge is 0.418 e. The maximum absolute atomic E-state index is 13.1. The Morgan fingerprint density at radius 3 is 2.44 bits per heavy atom. The lowest BCUT2D eigenvalue weighted by Gasteiger charge is -2.10. The summed E-state index contributed by atoms with van der Waals surface area (Å²) in [5, 5.41) is 0.287. The van der Waals surface area contributed by atoms with Crippen molar-refractivity contribution < 1.29 is 17.6 Å². The highest BCUT2D eigenvalue weighted by Gasteiger charge is 2.34. The van der Waals surface area contributed by atoms with Crippen molar-refractivity contribution >= 4 is 33.5 Å². The van der Waals surface area contributed by atoms with Crippen LogP contribution in [0.25, 0.3) is 10.9 Å². The molecule has 0 saturated carbocycles. The lowest BCUT2D eigenvalue weighted by Crippen LogP contribution is -2.08. The molecule has 0 bridgehead atoms. The van der Waals surface area contributed by atoms with E-state index >= 15 is 0 Å². The molecule has 0 radical (unpaired) electrons. The monoisotopic (exact) mass is 343 g/mol. The molecule has 0 unspecified atom stereocenters. The molecule has 0 fully saturated rings. The standard InChI is InChI=1S/C10H6F4IN/c1-16-4-8(15)6-2-5(11)3-7(9(6)16)10(12,13)14/h2-4H,1H3. The summed E-state index contributed by atoms with van der Waals surface area (Å²) in [4.78, 5) is 0. The van der Waals surface area contributed by atoms with Gasteiger partial charge in [0, 0.05) is 22.2 Å². The summed E-state index contributed by atoms with van der Waals surface area (Å²) in [7, 11) is 1.51. The second kappa shape index (κ2) is 3.61. The van der Waals surface area contributed by atoms with Gasteiger partial charge in [-0.05, 0) is 34.7 Å². The van der Waals surface area contributed by atoms with Crippen molar-refractivity contribution in [2.75, 3.05) is 0 Å². The highest BCUT2D eigenvalue weighted by molar-refractivity contribution is 14.1. The average molecular weight is 343 g/mol. The number of fused-ring (bicyclic) bond motifs is 1. The Bertz CT molecular complexity index is 556. The minimum Gasteiger partial charge on any atom is -0.349 e. The van der Waals surface area contributed by atoms with Crippen molar-refractivity contribution in [3.8, 4) is 0 Å². The molecule has 16 heavy (non-hydrogen) atoms. The maximum Gasteiger partial charge on any atom is 0.418 e. The van der Waals surface area contributed by atoms with E-state index in [0.29, 0.717) is 9.64 Å². The van der Waals surface area contributed by atoms with Crippen LogP contribution in [-0.4, -0.2) is 4.57 Å². The molecular formula is C10H6F4IN. The molecule has 1 aromatic heterocycles. The quantitative estimate of drug-likeness (QED) is 0.504. The van der Waals surface area contributed by atoms with Gasteiger partial charge >= 0.3 is 6.18 Å². The number of hydrogen-bond acceptors (Lipinski definition) is 0. The predicted octanol–water partition coefficient (Wildman–Crippen LogP) is 3.94. The Hall–Kier alpha value is -0.790. The van der Waals surface area contributed by atoms with Crippen molar-refractivity contribution in [1.82, 2.24) is 4.57 Å². The van der Waals surface area contributed by atoms with Gasteiger partial charge in [-0.25, -0.2) is 4.39 Å². The molecule has 0 saturated heterocycles. The van der Waals surface area contributed by atoms with E-state index in [1.807, 2.05) is 22.6 Å². The Labute approximate surface area is 102 Å². The van der Waals surface area contributed by atoms with Crippen LogP contribution in [0.2, 0.25) is 0 Å². The highest BCUT2D eigenvalue weighted by atomic mass is 127. The third kappa shape index (κ3) is 1.79. The summed E-state index contributed by atoms with van der Waals surface area (Å²) < 4.78 is 53.2. The second-order valence-corrected chi connectivity index (χ2v) is 4.60. The lowest BCUT2D eigenvalue weighted by molar-refractivity contribution is -0.136. The van der Waals surface area contributed by atoms with Gasteiger partial charge in [-0.1, -0.05) is 0 Å². The Balaban J connectivity index is 2.92. The van der Waals surface area contributed by atoms with Gasteiger partial charge < -0.3 is 4.57 Å². The number of halogens is 5. The van der Waals surface area contributed by atoms with Crippen LogP contribution in [0.1, 0.15) is 5.56 Å². The molecule has 0 amide bonds. The summed E-state index contributed by atoms with van der Waals surface area (Å²) in [6.45, 7) is 0. The molecular weight excluding hydrogens is 337 g/mol. The number of aryl methyl sites for hydroxylation is 1. The van der Waals surface area contributed by atoms with E-state index in [1.54, 1.807) is 6.20 Å². The van der Waals surface area contributed by atoms with E-state index < -0.39 is 17.6 Å². The van der Waals surface area contributed by atoms with Gasteiger partial charge in [0.2, 0.25) is 0 Å². The minimum absolute atomic E-state index is 0.0123. The molecule has 2 aromatic rings. The summed E-state index contributed by atoms with van der Waals surface area (Å²) in [6.07, 6.45) is -3.00. The number of rotatable bonds is 0. The zero-order valence-corrected chi connectivity index (χ0v) is 10.2. The fourth-order valence-electron chi connectivity index (χ4n) is 1.68. The van der Waals surface area contributed by atoms with Crippen LogP contribution in [0.4, 0.5) is 17.6 Å². The molecule has 1 aromatic carbocycles. The summed E-state index contributed by atoms with van der Waals surface area (Å²) in [6, 6.07) is 1.64. The third-order valence-electron chi connectivity index (χ3n) is 2.30. The number of aromatic nitrogens is 1. The van der Waals surface area contributed by atoms with E-state index in [4.69, 9.17) is 0 Å². The smallest absolute Gasteiger partial charge is 0.349 e. The summed E-state index contributed by atoms with van der Waals surface area (Å²) in [5.41, 5.74) is -0.925. The van der Waals surface area contributed by atoms with Crippen LogP contribution in [0.5, 0.6) is 0 Å². The fourth-order valence-corrected chi connectivity index (χ4v) is 2.51. The average Bonchev–Trinajstić information content (AvgIpc) is 2.40. The Morgan fingerprint density at radius 1 is 1.25 bits per heavy atom. The minimum atomic E-state index is -4.55. The first-order chi connectivity index (χ1) is 7.30. The molecule has 0 aliphatic heterocycles. The second-order valence-electron chi connectivity index (χ2n) is 3.44. The van der Waals surface area contributed by atoms with E-state index in [2.05, 4.69) is 0 Å². The SMILES string of the molecule is Cn1cc(I)c2cc(F)cc(C(F)(F)F)c21. The fraction of sp³-hybridized carbons (Fsp3) is 0.200. The van der Waals surface area contributed by atoms with Crippen LogP contribution >= 0.6 is 22.6 Å². The van der Waals surface area contributed by atoms with Crippen LogP contribution < -0.4 is 0 Å². The molecule has 0 atom stereocenters. The zero-order chi connectivity index (χ0) is 12.1. The van der Waals surface area contributed by atoms with Crippen molar-refractivity contribution in [2.45, 2.75) is 6.18 Å². The Kier molecular flexibility index (Phi) is 2.64. The van der Waals surface area contributed by atoms with E-state index in [9.17, 15) is 17.6 Å².